The first kappa shape index (κ1) is 29.5. The van der Waals surface area contributed by atoms with Gasteiger partial charge in [0.15, 0.2) is 0 Å². The Morgan fingerprint density at radius 1 is 0.868 bits per heavy atom. The summed E-state index contributed by atoms with van der Waals surface area (Å²) >= 11 is 0. The minimum Gasteiger partial charge on any atom is -0.464 e. The van der Waals surface area contributed by atoms with E-state index in [0.717, 1.165) is 16.7 Å². The van der Waals surface area contributed by atoms with Crippen LogP contribution in [0.1, 0.15) is 30.5 Å². The van der Waals surface area contributed by atoms with Gasteiger partial charge in [-0.2, -0.15) is 0 Å². The normalized spacial score (nSPS) is 14.8. The Labute approximate surface area is 225 Å². The molecule has 0 radical (unpaired) electrons. The molecule has 3 rings (SSSR count). The van der Waals surface area contributed by atoms with Gasteiger partial charge in [0.2, 0.25) is 10.0 Å². The van der Waals surface area contributed by atoms with Gasteiger partial charge in [-0.15, -0.1) is 0 Å². The Morgan fingerprint density at radius 2 is 1.45 bits per heavy atom. The number of sulfonamides is 1. The third-order valence-electron chi connectivity index (χ3n) is 6.36. The summed E-state index contributed by atoms with van der Waals surface area (Å²) in [6.07, 6.45) is -0.644. The van der Waals surface area contributed by atoms with Crippen molar-refractivity contribution in [3.05, 3.63) is 102 Å². The number of hydrogen-bond donors (Lipinski definition) is 2. The molecule has 0 saturated carbocycles. The Bertz CT molecular complexity index is 1230. The number of aliphatic hydroxyl groups excluding tert-OH is 1. The van der Waals surface area contributed by atoms with E-state index >= 15 is 0 Å². The summed E-state index contributed by atoms with van der Waals surface area (Å²) in [7, 11) is -3.83. The van der Waals surface area contributed by atoms with Gasteiger partial charge in [-0.3, -0.25) is 4.79 Å². The highest BCUT2D eigenvalue weighted by atomic mass is 32.2. The van der Waals surface area contributed by atoms with E-state index in [1.165, 1.54) is 0 Å². The van der Waals surface area contributed by atoms with Gasteiger partial charge in [-0.05, 0) is 43.5 Å². The first-order valence-electron chi connectivity index (χ1n) is 12.7. The van der Waals surface area contributed by atoms with E-state index in [1.54, 1.807) is 31.2 Å². The van der Waals surface area contributed by atoms with Gasteiger partial charge in [0.1, 0.15) is 6.61 Å². The van der Waals surface area contributed by atoms with Crippen LogP contribution in [0.2, 0.25) is 0 Å². The standard InChI is InChI=1S/C30H37NO6S/c1-22-14-16-28(17-15-22)38(34,35)31-27(18-25-10-6-4-7-11-25)21-37-30(33)24(3)29(32)23(2)19-36-20-26-12-8-5-9-13-26/h4-17,23-24,27,29,31-32H,18-21H2,1-3H3/t23-,24+,27+,29-/m1/s1. The average molecular weight is 540 g/mol. The predicted octanol–water partition coefficient (Wildman–Crippen LogP) is 4.28. The Balaban J connectivity index is 1.58. The highest BCUT2D eigenvalue weighted by Crippen LogP contribution is 2.17. The molecule has 0 saturated heterocycles. The fourth-order valence-electron chi connectivity index (χ4n) is 4.02. The van der Waals surface area contributed by atoms with Crippen molar-refractivity contribution >= 4 is 16.0 Å². The lowest BCUT2D eigenvalue weighted by atomic mass is 9.94. The van der Waals surface area contributed by atoms with Crippen LogP contribution in [-0.2, 0) is 37.3 Å². The molecule has 0 unspecified atom stereocenters. The van der Waals surface area contributed by atoms with Crippen molar-refractivity contribution in [3.8, 4) is 0 Å². The fraction of sp³-hybridized carbons (Fsp3) is 0.367. The molecule has 2 N–H and O–H groups in total. The summed E-state index contributed by atoms with van der Waals surface area (Å²) in [4.78, 5) is 13.0. The summed E-state index contributed by atoms with van der Waals surface area (Å²) in [5.41, 5.74) is 2.88. The van der Waals surface area contributed by atoms with E-state index < -0.39 is 34.1 Å². The summed E-state index contributed by atoms with van der Waals surface area (Å²) in [6, 6.07) is 25.0. The maximum absolute atomic E-state index is 13.0. The number of benzene rings is 3. The van der Waals surface area contributed by atoms with Crippen LogP contribution in [0, 0.1) is 18.8 Å². The quantitative estimate of drug-likeness (QED) is 0.297. The summed E-state index contributed by atoms with van der Waals surface area (Å²) in [5, 5.41) is 10.7. The largest absolute Gasteiger partial charge is 0.464 e. The Hall–Kier alpha value is -3.04. The molecule has 0 fully saturated rings. The van der Waals surface area contributed by atoms with Gasteiger partial charge in [-0.25, -0.2) is 13.1 Å². The number of esters is 1. The fourth-order valence-corrected chi connectivity index (χ4v) is 5.24. The summed E-state index contributed by atoms with van der Waals surface area (Å²) in [5.74, 6) is -1.71. The number of carbonyl (C=O) groups is 1. The molecule has 3 aromatic rings. The second-order valence-corrected chi connectivity index (χ2v) is 11.4. The van der Waals surface area contributed by atoms with Crippen LogP contribution in [0.25, 0.3) is 0 Å². The molecular formula is C30H37NO6S. The average Bonchev–Trinajstić information content (AvgIpc) is 2.92. The van der Waals surface area contributed by atoms with E-state index in [9.17, 15) is 18.3 Å². The van der Waals surface area contributed by atoms with E-state index in [2.05, 4.69) is 4.72 Å². The first-order chi connectivity index (χ1) is 18.2. The van der Waals surface area contributed by atoms with E-state index in [1.807, 2.05) is 74.5 Å². The number of carbonyl (C=O) groups excluding carboxylic acids is 1. The highest BCUT2D eigenvalue weighted by molar-refractivity contribution is 7.89. The summed E-state index contributed by atoms with van der Waals surface area (Å²) in [6.45, 7) is 5.82. The van der Waals surface area contributed by atoms with Crippen LogP contribution in [0.5, 0.6) is 0 Å². The number of nitrogens with one attached hydrogen (secondary N) is 1. The molecule has 3 aromatic carbocycles. The van der Waals surface area contributed by atoms with Crippen molar-refractivity contribution in [2.24, 2.45) is 11.8 Å². The van der Waals surface area contributed by atoms with Gasteiger partial charge < -0.3 is 14.6 Å². The van der Waals surface area contributed by atoms with E-state index in [4.69, 9.17) is 9.47 Å². The number of rotatable bonds is 14. The van der Waals surface area contributed by atoms with Crippen LogP contribution in [0.3, 0.4) is 0 Å². The third-order valence-corrected chi connectivity index (χ3v) is 7.90. The molecule has 0 heterocycles. The van der Waals surface area contributed by atoms with Crippen molar-refractivity contribution in [3.63, 3.8) is 0 Å². The lowest BCUT2D eigenvalue weighted by Crippen LogP contribution is -2.42. The molecule has 0 spiro atoms. The summed E-state index contributed by atoms with van der Waals surface area (Å²) < 4.78 is 39.9. The molecule has 0 aromatic heterocycles. The number of hydrogen-bond acceptors (Lipinski definition) is 6. The van der Waals surface area contributed by atoms with Crippen LogP contribution in [0.4, 0.5) is 0 Å². The third kappa shape index (κ3) is 9.06. The number of aryl methyl sites for hydroxylation is 1. The Morgan fingerprint density at radius 3 is 2.05 bits per heavy atom. The van der Waals surface area contributed by atoms with Gasteiger partial charge in [-0.1, -0.05) is 85.3 Å². The van der Waals surface area contributed by atoms with Crippen LogP contribution in [0.15, 0.2) is 89.8 Å². The van der Waals surface area contributed by atoms with Crippen LogP contribution >= 0.6 is 0 Å². The van der Waals surface area contributed by atoms with Gasteiger partial charge in [0.25, 0.3) is 0 Å². The van der Waals surface area contributed by atoms with Gasteiger partial charge in [0, 0.05) is 5.92 Å². The molecule has 0 amide bonds. The van der Waals surface area contributed by atoms with Crippen LogP contribution < -0.4 is 4.72 Å². The first-order valence-corrected chi connectivity index (χ1v) is 14.2. The van der Waals surface area contributed by atoms with E-state index in [-0.39, 0.29) is 24.0 Å². The van der Waals surface area contributed by atoms with Crippen molar-refractivity contribution in [2.45, 2.75) is 50.8 Å². The molecule has 38 heavy (non-hydrogen) atoms. The predicted molar refractivity (Wildman–Crippen MR) is 147 cm³/mol. The zero-order valence-corrected chi connectivity index (χ0v) is 22.9. The molecule has 7 nitrogen and oxygen atoms in total. The number of ether oxygens (including phenoxy) is 2. The SMILES string of the molecule is Cc1ccc(S(=O)(=O)N[C@H](COC(=O)[C@@H](C)[C@H](O)[C@H](C)COCc2ccccc2)Cc2ccccc2)cc1. The maximum atomic E-state index is 13.0. The monoisotopic (exact) mass is 539 g/mol. The lowest BCUT2D eigenvalue weighted by Gasteiger charge is -2.25. The highest BCUT2D eigenvalue weighted by Gasteiger charge is 2.29. The maximum Gasteiger partial charge on any atom is 0.311 e. The van der Waals surface area contributed by atoms with Crippen LogP contribution in [-0.4, -0.2) is 44.9 Å². The zero-order chi connectivity index (χ0) is 27.5. The van der Waals surface area contributed by atoms with Crippen molar-refractivity contribution in [2.75, 3.05) is 13.2 Å². The van der Waals surface area contributed by atoms with Gasteiger partial charge in [0.05, 0.1) is 36.2 Å². The molecule has 0 aliphatic heterocycles. The second-order valence-electron chi connectivity index (χ2n) is 9.71. The molecule has 204 valence electrons. The smallest absolute Gasteiger partial charge is 0.311 e. The van der Waals surface area contributed by atoms with Crippen molar-refractivity contribution in [1.82, 2.24) is 4.72 Å². The zero-order valence-electron chi connectivity index (χ0n) is 22.1. The molecular weight excluding hydrogens is 502 g/mol. The topological polar surface area (TPSA) is 102 Å². The molecule has 0 aliphatic rings. The second kappa shape index (κ2) is 14.2. The minimum atomic E-state index is -3.83. The van der Waals surface area contributed by atoms with E-state index in [0.29, 0.717) is 13.0 Å². The Kier molecular flexibility index (Phi) is 11.0. The molecule has 0 bridgehead atoms. The van der Waals surface area contributed by atoms with Crippen molar-refractivity contribution in [1.29, 1.82) is 0 Å². The molecule has 4 atom stereocenters. The molecule has 8 heteroatoms. The van der Waals surface area contributed by atoms with Gasteiger partial charge >= 0.3 is 5.97 Å². The van der Waals surface area contributed by atoms with Crippen molar-refractivity contribution < 1.29 is 27.8 Å². The minimum absolute atomic E-state index is 0.139. The lowest BCUT2D eigenvalue weighted by molar-refractivity contribution is -0.154. The molecule has 0 aliphatic carbocycles. The number of aliphatic hydroxyl groups is 1.